The fourth-order valence-electron chi connectivity index (χ4n) is 16.0. The summed E-state index contributed by atoms with van der Waals surface area (Å²) in [5, 5.41) is 41.2. The summed E-state index contributed by atoms with van der Waals surface area (Å²) in [5.74, 6) is -7.99. The predicted octanol–water partition coefficient (Wildman–Crippen LogP) is 7.15. The molecule has 1 fully saturated rings. The van der Waals surface area contributed by atoms with Crippen molar-refractivity contribution in [1.82, 2.24) is 66.9 Å². The van der Waals surface area contributed by atoms with Crippen LogP contribution in [-0.4, -0.2) is 274 Å². The van der Waals surface area contributed by atoms with E-state index in [2.05, 4.69) is 52.8 Å². The molecule has 726 valence electrons. The number of likely N-dealkylation sites (tertiary alicyclic amines) is 1. The summed E-state index contributed by atoms with van der Waals surface area (Å²) < 4.78 is 41.9. The van der Waals surface area contributed by atoms with Gasteiger partial charge in [-0.2, -0.15) is 0 Å². The highest BCUT2D eigenvalue weighted by Crippen LogP contribution is 2.42. The fraction of sp³-hybridized carbons (Fsp3) is 0.589. The molecular weight excluding hydrogens is 1700 g/mol. The Morgan fingerprint density at radius 2 is 1.22 bits per heavy atom. The highest BCUT2D eigenvalue weighted by molar-refractivity contribution is 6.02. The van der Waals surface area contributed by atoms with Gasteiger partial charge in [-0.15, -0.1) is 5.10 Å². The average Bonchev–Trinajstić information content (AvgIpc) is 1.53. The van der Waals surface area contributed by atoms with Crippen molar-refractivity contribution in [3.8, 4) is 22.5 Å². The molecular formula is C95H140N16O21. The van der Waals surface area contributed by atoms with Crippen LogP contribution in [0, 0.1) is 35.0 Å². The van der Waals surface area contributed by atoms with Gasteiger partial charge in [-0.25, -0.2) is 19.1 Å². The Morgan fingerprint density at radius 3 is 1.83 bits per heavy atom. The van der Waals surface area contributed by atoms with E-state index >= 15 is 0 Å². The van der Waals surface area contributed by atoms with Gasteiger partial charge in [0.15, 0.2) is 0 Å². The maximum absolute atomic E-state index is 14.9. The van der Waals surface area contributed by atoms with Crippen LogP contribution in [0.15, 0.2) is 103 Å². The Kier molecular flexibility index (Phi) is 43.9. The smallest absolute Gasteiger partial charge is 0.410 e. The molecule has 1 saturated heterocycles. The summed E-state index contributed by atoms with van der Waals surface area (Å²) in [4.78, 5) is 183. The first-order valence-electron chi connectivity index (χ1n) is 45.6. The van der Waals surface area contributed by atoms with Crippen LogP contribution >= 0.6 is 0 Å². The topological polar surface area (TPSA) is 473 Å². The quantitative estimate of drug-likeness (QED) is 0.0173. The minimum absolute atomic E-state index is 0.0154. The Morgan fingerprint density at radius 1 is 0.598 bits per heavy atom. The minimum Gasteiger partial charge on any atom is -0.480 e. The molecule has 0 unspecified atom stereocenters. The zero-order valence-corrected chi connectivity index (χ0v) is 79.4. The van der Waals surface area contributed by atoms with Gasteiger partial charge in [0.05, 0.1) is 107 Å². The molecule has 1 aromatic heterocycles. The molecule has 37 nitrogen and oxygen atoms in total. The van der Waals surface area contributed by atoms with E-state index in [1.807, 2.05) is 89.2 Å². The van der Waals surface area contributed by atoms with E-state index < -0.39 is 132 Å². The lowest BCUT2D eigenvalue weighted by Crippen LogP contribution is -2.60. The lowest BCUT2D eigenvalue weighted by molar-refractivity contribution is -0.148. The number of hydrogen-bond donors (Lipinski definition) is 10. The number of carboxylic acids is 1. The SMILES string of the molecule is CC[C@H](C)[C@@H]([C@@H](CC(=O)N1CCC[C@H]1[C@H](OC)[C@@H](C)C(=O)N[C@H](Cc1ccccc1)C(=O)O)OC)N(C)C(=O)[C@@H](NC(=O)[C@H](C(C)C)N(C)C(=O)OCc1ccc(NC(=O)[C@H](CCCNC(N)=O)NC(=O)[C@@H](NC(=O)CCOCCOCCOCCOCCNC(=O)CCC(=O)N2Cc3ccccc3-c3c(nnn3CC(=O)NCC(C)(C)C)-c3ccccc32)C(C)C)cc1)C(C)C. The monoisotopic (exact) mass is 1840 g/mol. The normalized spacial score (nSPS) is 15.3. The van der Waals surface area contributed by atoms with Crippen molar-refractivity contribution in [3.63, 3.8) is 0 Å². The number of carboxylic acid groups (broad SMARTS) is 1. The Balaban J connectivity index is 0.796. The largest absolute Gasteiger partial charge is 0.480 e. The van der Waals surface area contributed by atoms with Crippen LogP contribution in [0.1, 0.15) is 158 Å². The number of benzene rings is 4. The number of hydrogen-bond acceptors (Lipinski definition) is 22. The van der Waals surface area contributed by atoms with Crippen molar-refractivity contribution < 1.29 is 101 Å². The lowest BCUT2D eigenvalue weighted by atomic mass is 9.89. The molecule has 132 heavy (non-hydrogen) atoms. The molecule has 0 saturated carbocycles. The van der Waals surface area contributed by atoms with E-state index in [0.29, 0.717) is 66.2 Å². The van der Waals surface area contributed by atoms with E-state index in [4.69, 9.17) is 38.9 Å². The molecule has 0 aliphatic carbocycles. The van der Waals surface area contributed by atoms with Crippen molar-refractivity contribution in [2.45, 2.75) is 221 Å². The third-order valence-electron chi connectivity index (χ3n) is 23.4. The molecule has 2 aliphatic rings. The second kappa shape index (κ2) is 53.9. The van der Waals surface area contributed by atoms with Gasteiger partial charge in [-0.1, -0.05) is 180 Å². The number of amides is 13. The Labute approximate surface area is 774 Å². The molecule has 0 spiro atoms. The first-order valence-corrected chi connectivity index (χ1v) is 45.6. The summed E-state index contributed by atoms with van der Waals surface area (Å²) >= 11 is 0. The number of likely N-dealkylation sites (N-methyl/N-ethyl adjacent to an activating group) is 2. The Bertz CT molecular complexity index is 4600. The van der Waals surface area contributed by atoms with Gasteiger partial charge in [0, 0.05) is 97.0 Å². The van der Waals surface area contributed by atoms with Crippen LogP contribution in [0.3, 0.4) is 0 Å². The van der Waals surface area contributed by atoms with E-state index in [9.17, 15) is 67.4 Å². The summed E-state index contributed by atoms with van der Waals surface area (Å²) in [5.41, 5.74) is 10.8. The number of nitrogens with one attached hydrogen (secondary N) is 8. The second-order valence-electron chi connectivity index (χ2n) is 35.7. The van der Waals surface area contributed by atoms with Gasteiger partial charge in [-0.3, -0.25) is 52.8 Å². The highest BCUT2D eigenvalue weighted by Gasteiger charge is 2.45. The van der Waals surface area contributed by atoms with Gasteiger partial charge >= 0.3 is 18.1 Å². The van der Waals surface area contributed by atoms with Gasteiger partial charge in [-0.05, 0) is 89.7 Å². The number of primary amides is 1. The van der Waals surface area contributed by atoms with Crippen LogP contribution in [0.25, 0.3) is 22.5 Å². The van der Waals surface area contributed by atoms with Crippen molar-refractivity contribution in [2.75, 3.05) is 118 Å². The van der Waals surface area contributed by atoms with E-state index in [1.54, 1.807) is 119 Å². The molecule has 5 aromatic rings. The standard InChI is InChI=1S/C95H140N16O21/c1-17-62(8)84(74(126-15)54-79(116)109-44-26-34-73(109)86(127-16)63(9)87(117)102-71(92(122)123)53-64-27-19-18-20-28-64)107(13)91(121)81(60(4)5)104-90(120)83(61(6)7)108(14)94(125)132-57-65-35-37-67(38-36-65)100-88(118)70(32-25-42-98-93(96)124)101-89(119)80(59(2)3)103-76(113)41-45-128-47-49-130-51-52-131-50-48-129-46-43-97-75(112)39-40-78(115)110-55-66-29-21-22-30-68(66)85-82(69-31-23-24-33-72(69)110)105-106-111(85)56-77(114)99-58-95(10,11)12/h18-24,27-31,33,35-38,59-63,70-71,73-74,80-81,83-84,86H,17,25-26,32,34,39-58H2,1-16H3,(H,97,112)(H,99,114)(H,100,118)(H,101,119)(H,102,117)(H,103,113)(H,104,120)(H,122,123)(H3,96,98,124)/t62-,63+,70-,71+,73-,74+,80-,81-,83-,84-,86+/m0/s1. The summed E-state index contributed by atoms with van der Waals surface area (Å²) in [6.45, 7) is 24.9. The van der Waals surface area contributed by atoms with Crippen LogP contribution in [0.4, 0.5) is 21.0 Å². The zero-order chi connectivity index (χ0) is 96.9. The number of urea groups is 1. The summed E-state index contributed by atoms with van der Waals surface area (Å²) in [7, 11) is 5.96. The van der Waals surface area contributed by atoms with Crippen molar-refractivity contribution in [1.29, 1.82) is 0 Å². The molecule has 0 bridgehead atoms. The molecule has 11 N–H and O–H groups in total. The van der Waals surface area contributed by atoms with Crippen molar-refractivity contribution in [2.24, 2.45) is 40.7 Å². The number of fused-ring (bicyclic) bond motifs is 5. The predicted molar refractivity (Wildman–Crippen MR) is 494 cm³/mol. The molecule has 0 radical (unpaired) electrons. The fourth-order valence-corrected chi connectivity index (χ4v) is 16.0. The lowest BCUT2D eigenvalue weighted by Gasteiger charge is -2.41. The van der Waals surface area contributed by atoms with Gasteiger partial charge in [0.1, 0.15) is 49.1 Å². The first-order chi connectivity index (χ1) is 62.9. The summed E-state index contributed by atoms with van der Waals surface area (Å²) in [6.07, 6.45) is -0.736. The van der Waals surface area contributed by atoms with Crippen molar-refractivity contribution in [3.05, 3.63) is 120 Å². The van der Waals surface area contributed by atoms with E-state index in [-0.39, 0.29) is 166 Å². The first kappa shape index (κ1) is 108. The number of rotatable bonds is 54. The van der Waals surface area contributed by atoms with E-state index in [1.165, 1.54) is 26.2 Å². The number of anilines is 2. The zero-order valence-electron chi connectivity index (χ0n) is 79.4. The number of nitrogens with two attached hydrogens (primary N) is 1. The molecule has 37 heteroatoms. The molecule has 4 aromatic carbocycles. The molecule has 7 rings (SSSR count). The van der Waals surface area contributed by atoms with Gasteiger partial charge in [0.25, 0.3) is 0 Å². The second-order valence-corrected chi connectivity index (χ2v) is 35.7. The van der Waals surface area contributed by atoms with Crippen molar-refractivity contribution >= 4 is 88.5 Å². The maximum atomic E-state index is 14.9. The summed E-state index contributed by atoms with van der Waals surface area (Å²) in [6, 6.07) is 22.7. The third kappa shape index (κ3) is 33.0. The number of ether oxygens (including phenoxy) is 7. The van der Waals surface area contributed by atoms with Crippen LogP contribution in [-0.2, 0) is 112 Å². The highest BCUT2D eigenvalue weighted by atomic mass is 16.6. The number of aromatic nitrogens is 3. The van der Waals surface area contributed by atoms with Crippen LogP contribution < -0.4 is 53.2 Å². The van der Waals surface area contributed by atoms with Gasteiger partial charge in [0.2, 0.25) is 59.1 Å². The number of nitrogens with zero attached hydrogens (tertiary/aromatic N) is 7. The van der Waals surface area contributed by atoms with Crippen LogP contribution in [0.2, 0.25) is 0 Å². The third-order valence-corrected chi connectivity index (χ3v) is 23.4. The molecule has 3 heterocycles. The number of carbonyl (C=O) groups is 13. The molecule has 13 amide bonds. The number of para-hydroxylation sites is 1. The average molecular weight is 1840 g/mol. The van der Waals surface area contributed by atoms with Crippen LogP contribution in [0.5, 0.6) is 0 Å². The minimum atomic E-state index is -1.20. The Hall–Kier alpha value is -11.5. The maximum Gasteiger partial charge on any atom is 0.410 e. The van der Waals surface area contributed by atoms with Gasteiger partial charge < -0.3 is 101 Å². The molecule has 11 atom stereocenters. The number of carbonyl (C=O) groups excluding carboxylic acids is 12. The van der Waals surface area contributed by atoms with E-state index in [0.717, 1.165) is 21.6 Å². The molecule has 2 aliphatic heterocycles. The number of methoxy groups -OCH3 is 2. The number of aliphatic carboxylic acids is 1.